The molecule has 0 unspecified atom stereocenters. The fourth-order valence-electron chi connectivity index (χ4n) is 5.23. The van der Waals surface area contributed by atoms with E-state index in [1.54, 1.807) is 7.11 Å². The van der Waals surface area contributed by atoms with E-state index in [0.717, 1.165) is 62.4 Å². The van der Waals surface area contributed by atoms with Crippen LogP contribution in [-0.4, -0.2) is 72.4 Å². The molecule has 2 heterocycles. The van der Waals surface area contributed by atoms with E-state index in [-0.39, 0.29) is 23.9 Å². The van der Waals surface area contributed by atoms with Gasteiger partial charge in [0.1, 0.15) is 5.75 Å². The first-order chi connectivity index (χ1) is 15.6. The van der Waals surface area contributed by atoms with E-state index >= 15 is 0 Å². The molecule has 1 saturated carbocycles. The largest absolute Gasteiger partial charge is 0.497 e. The van der Waals surface area contributed by atoms with E-state index in [2.05, 4.69) is 11.8 Å². The van der Waals surface area contributed by atoms with Crippen molar-refractivity contribution in [2.75, 3.05) is 39.8 Å². The highest BCUT2D eigenvalue weighted by atomic mass is 16.5. The van der Waals surface area contributed by atoms with Gasteiger partial charge in [0.2, 0.25) is 5.91 Å². The summed E-state index contributed by atoms with van der Waals surface area (Å²) in [7, 11) is 1.65. The Morgan fingerprint density at radius 1 is 1.03 bits per heavy atom. The Labute approximate surface area is 189 Å². The van der Waals surface area contributed by atoms with Gasteiger partial charge in [0, 0.05) is 37.8 Å². The number of benzene rings is 2. The summed E-state index contributed by atoms with van der Waals surface area (Å²) in [4.78, 5) is 34.1. The molecule has 3 aliphatic rings. The molecule has 1 aliphatic carbocycles. The highest BCUT2D eigenvalue weighted by Gasteiger charge is 2.50. The lowest BCUT2D eigenvalue weighted by molar-refractivity contribution is -0.136. The number of likely N-dealkylation sites (N-methyl/N-ethyl adjacent to an activating group) is 1. The highest BCUT2D eigenvalue weighted by Crippen LogP contribution is 2.48. The topological polar surface area (TPSA) is 53.1 Å². The molecular formula is C26H31N3O3. The summed E-state index contributed by atoms with van der Waals surface area (Å²) >= 11 is 0. The van der Waals surface area contributed by atoms with Crippen LogP contribution < -0.4 is 4.74 Å². The van der Waals surface area contributed by atoms with Gasteiger partial charge in [0.05, 0.1) is 19.1 Å². The van der Waals surface area contributed by atoms with E-state index in [1.165, 1.54) is 0 Å². The van der Waals surface area contributed by atoms with Gasteiger partial charge in [-0.25, -0.2) is 0 Å². The van der Waals surface area contributed by atoms with Crippen molar-refractivity contribution in [1.29, 1.82) is 0 Å². The fourth-order valence-corrected chi connectivity index (χ4v) is 5.23. The molecule has 0 aromatic heterocycles. The fraction of sp³-hybridized carbons (Fsp3) is 0.462. The number of rotatable bonds is 5. The van der Waals surface area contributed by atoms with Crippen molar-refractivity contribution in [1.82, 2.24) is 14.7 Å². The summed E-state index contributed by atoms with van der Waals surface area (Å²) in [6.07, 6.45) is 1.98. The predicted molar refractivity (Wildman–Crippen MR) is 123 cm³/mol. The second kappa shape index (κ2) is 8.58. The zero-order chi connectivity index (χ0) is 22.2. The third-order valence-corrected chi connectivity index (χ3v) is 7.15. The number of ether oxygens (including phenoxy) is 1. The van der Waals surface area contributed by atoms with Gasteiger partial charge in [0.25, 0.3) is 5.91 Å². The smallest absolute Gasteiger partial charge is 0.254 e. The van der Waals surface area contributed by atoms with Crippen LogP contribution in [0.1, 0.15) is 53.2 Å². The van der Waals surface area contributed by atoms with Crippen LogP contribution in [0.4, 0.5) is 0 Å². The van der Waals surface area contributed by atoms with Crippen molar-refractivity contribution in [2.45, 2.75) is 37.8 Å². The molecule has 2 fully saturated rings. The second-order valence-corrected chi connectivity index (χ2v) is 8.99. The lowest BCUT2D eigenvalue weighted by atomic mass is 9.78. The molecule has 6 nitrogen and oxygen atoms in total. The molecule has 2 amide bonds. The lowest BCUT2D eigenvalue weighted by Gasteiger charge is -2.44. The number of amides is 2. The standard InChI is InChI=1S/C26H31N3O3/c1-3-27-13-15-28(16-14-27)26(31)23-21-9-4-5-10-22(21)25(30)29(19-11-12-19)24(23)18-7-6-8-20(17-18)32-2/h4-10,17,19,23-24H,3,11-16H2,1-2H3/t23-,24+/m1/s1. The molecule has 6 heteroatoms. The average molecular weight is 434 g/mol. The minimum absolute atomic E-state index is 0.0378. The summed E-state index contributed by atoms with van der Waals surface area (Å²) < 4.78 is 5.49. The molecule has 0 bridgehead atoms. The van der Waals surface area contributed by atoms with E-state index in [1.807, 2.05) is 58.3 Å². The first kappa shape index (κ1) is 21.0. The number of piperazine rings is 1. The van der Waals surface area contributed by atoms with Gasteiger partial charge < -0.3 is 19.4 Å². The van der Waals surface area contributed by atoms with Crippen molar-refractivity contribution >= 4 is 11.8 Å². The molecular weight excluding hydrogens is 402 g/mol. The minimum atomic E-state index is -0.412. The molecule has 32 heavy (non-hydrogen) atoms. The third-order valence-electron chi connectivity index (χ3n) is 7.15. The van der Waals surface area contributed by atoms with Crippen molar-refractivity contribution in [3.63, 3.8) is 0 Å². The zero-order valence-corrected chi connectivity index (χ0v) is 18.9. The van der Waals surface area contributed by atoms with E-state index in [4.69, 9.17) is 4.74 Å². The SMILES string of the molecule is CCN1CCN(C(=O)[C@@H]2c3ccccc3C(=O)N(C3CC3)[C@H]2c2cccc(OC)c2)CC1. The maximum absolute atomic E-state index is 14.1. The van der Waals surface area contributed by atoms with Gasteiger partial charge in [-0.05, 0) is 48.7 Å². The maximum atomic E-state index is 14.1. The number of carbonyl (C=O) groups is 2. The number of methoxy groups -OCH3 is 1. The van der Waals surface area contributed by atoms with Crippen LogP contribution >= 0.6 is 0 Å². The van der Waals surface area contributed by atoms with Crippen molar-refractivity contribution in [3.8, 4) is 5.75 Å². The Balaban J connectivity index is 1.60. The zero-order valence-electron chi connectivity index (χ0n) is 18.9. The van der Waals surface area contributed by atoms with Crippen molar-refractivity contribution in [3.05, 3.63) is 65.2 Å². The maximum Gasteiger partial charge on any atom is 0.254 e. The number of hydrogen-bond acceptors (Lipinski definition) is 4. The molecule has 2 atom stereocenters. The number of nitrogens with zero attached hydrogens (tertiary/aromatic N) is 3. The highest BCUT2D eigenvalue weighted by molar-refractivity contribution is 6.01. The third kappa shape index (κ3) is 3.66. The van der Waals surface area contributed by atoms with Crippen LogP contribution in [0, 0.1) is 0 Å². The summed E-state index contributed by atoms with van der Waals surface area (Å²) in [5.41, 5.74) is 2.49. The van der Waals surface area contributed by atoms with Crippen LogP contribution in [0.15, 0.2) is 48.5 Å². The van der Waals surface area contributed by atoms with Crippen molar-refractivity contribution < 1.29 is 14.3 Å². The van der Waals surface area contributed by atoms with Gasteiger partial charge in [-0.15, -0.1) is 0 Å². The first-order valence-electron chi connectivity index (χ1n) is 11.7. The normalized spacial score (nSPS) is 23.8. The Bertz CT molecular complexity index is 1010. The molecule has 2 aromatic carbocycles. The van der Waals surface area contributed by atoms with Crippen LogP contribution in [-0.2, 0) is 4.79 Å². The molecule has 2 aromatic rings. The van der Waals surface area contributed by atoms with E-state index in [9.17, 15) is 9.59 Å². The second-order valence-electron chi connectivity index (χ2n) is 8.99. The van der Waals surface area contributed by atoms with Crippen LogP contribution in [0.2, 0.25) is 0 Å². The Kier molecular flexibility index (Phi) is 5.64. The van der Waals surface area contributed by atoms with E-state index in [0.29, 0.717) is 5.56 Å². The molecule has 1 saturated heterocycles. The Hall–Kier alpha value is -2.86. The van der Waals surface area contributed by atoms with Gasteiger partial charge in [-0.2, -0.15) is 0 Å². The number of hydrogen-bond donors (Lipinski definition) is 0. The van der Waals surface area contributed by atoms with Crippen LogP contribution in [0.3, 0.4) is 0 Å². The summed E-state index contributed by atoms with van der Waals surface area (Å²) in [6, 6.07) is 15.4. The van der Waals surface area contributed by atoms with Crippen molar-refractivity contribution in [2.24, 2.45) is 0 Å². The van der Waals surface area contributed by atoms with Gasteiger partial charge >= 0.3 is 0 Å². The summed E-state index contributed by atoms with van der Waals surface area (Å²) in [6.45, 7) is 6.41. The minimum Gasteiger partial charge on any atom is -0.497 e. The Morgan fingerprint density at radius 2 is 1.78 bits per heavy atom. The Morgan fingerprint density at radius 3 is 2.47 bits per heavy atom. The molecule has 2 aliphatic heterocycles. The average Bonchev–Trinajstić information content (AvgIpc) is 3.69. The van der Waals surface area contributed by atoms with Gasteiger partial charge in [-0.1, -0.05) is 37.3 Å². The molecule has 0 N–H and O–H groups in total. The predicted octanol–water partition coefficient (Wildman–Crippen LogP) is 3.30. The summed E-state index contributed by atoms with van der Waals surface area (Å²) in [5.74, 6) is 0.493. The lowest BCUT2D eigenvalue weighted by Crippen LogP contribution is -2.53. The molecule has 0 radical (unpaired) electrons. The first-order valence-corrected chi connectivity index (χ1v) is 11.7. The molecule has 0 spiro atoms. The number of carbonyl (C=O) groups excluding carboxylic acids is 2. The molecule has 168 valence electrons. The number of fused-ring (bicyclic) bond motifs is 1. The summed E-state index contributed by atoms with van der Waals surface area (Å²) in [5, 5.41) is 0. The molecule has 5 rings (SSSR count). The van der Waals surface area contributed by atoms with Crippen LogP contribution in [0.25, 0.3) is 0 Å². The quantitative estimate of drug-likeness (QED) is 0.726. The van der Waals surface area contributed by atoms with Crippen LogP contribution in [0.5, 0.6) is 5.75 Å². The van der Waals surface area contributed by atoms with Gasteiger partial charge in [0.15, 0.2) is 0 Å². The van der Waals surface area contributed by atoms with E-state index < -0.39 is 5.92 Å². The van der Waals surface area contributed by atoms with Gasteiger partial charge in [-0.3, -0.25) is 9.59 Å². The monoisotopic (exact) mass is 433 g/mol.